The molecule has 5 nitrogen and oxygen atoms in total. The van der Waals surface area contributed by atoms with E-state index in [1.54, 1.807) is 17.2 Å². The molecule has 0 bridgehead atoms. The van der Waals surface area contributed by atoms with Gasteiger partial charge in [-0.2, -0.15) is 15.0 Å². The van der Waals surface area contributed by atoms with Crippen LogP contribution in [-0.2, 0) is 6.54 Å². The Balaban J connectivity index is 2.02. The first-order chi connectivity index (χ1) is 9.06. The van der Waals surface area contributed by atoms with Gasteiger partial charge in [0.15, 0.2) is 0 Å². The second kappa shape index (κ2) is 5.97. The van der Waals surface area contributed by atoms with Gasteiger partial charge in [0, 0.05) is 0 Å². The van der Waals surface area contributed by atoms with E-state index in [9.17, 15) is 4.79 Å². The summed E-state index contributed by atoms with van der Waals surface area (Å²) in [6.07, 6.45) is 3.28. The second-order valence-electron chi connectivity index (χ2n) is 4.90. The van der Waals surface area contributed by atoms with Crippen molar-refractivity contribution in [2.45, 2.75) is 33.4 Å². The van der Waals surface area contributed by atoms with Gasteiger partial charge in [-0.15, -0.1) is 11.3 Å². The summed E-state index contributed by atoms with van der Waals surface area (Å²) in [5.41, 5.74) is 1.12. The number of aryl methyl sites for hydroxylation is 1. The van der Waals surface area contributed by atoms with Crippen molar-refractivity contribution >= 4 is 17.2 Å². The smallest absolute Gasteiger partial charge is 0.261 e. The van der Waals surface area contributed by atoms with Crippen molar-refractivity contribution in [3.63, 3.8) is 0 Å². The first kappa shape index (κ1) is 13.7. The molecule has 0 fully saturated rings. The number of hydrogen-bond donors (Lipinski definition) is 1. The maximum Gasteiger partial charge on any atom is 0.261 e. The quantitative estimate of drug-likeness (QED) is 0.911. The van der Waals surface area contributed by atoms with Gasteiger partial charge < -0.3 is 5.32 Å². The number of nitrogens with one attached hydrogen (secondary N) is 1. The highest BCUT2D eigenvalue weighted by Crippen LogP contribution is 2.14. The largest absolute Gasteiger partial charge is 0.346 e. The van der Waals surface area contributed by atoms with E-state index in [0.29, 0.717) is 12.5 Å². The van der Waals surface area contributed by atoms with Crippen LogP contribution in [-0.4, -0.2) is 26.9 Å². The van der Waals surface area contributed by atoms with Crippen LogP contribution in [0.15, 0.2) is 23.8 Å². The second-order valence-corrected chi connectivity index (χ2v) is 5.81. The fraction of sp³-hybridized carbons (Fsp3) is 0.462. The zero-order chi connectivity index (χ0) is 13.8. The molecule has 2 aromatic heterocycles. The van der Waals surface area contributed by atoms with Gasteiger partial charge in [0.2, 0.25) is 0 Å². The molecule has 0 radical (unpaired) electrons. The number of carbonyl (C=O) groups excluding carboxylic acids is 1. The number of aromatic nitrogens is 3. The number of thiophene rings is 1. The highest BCUT2D eigenvalue weighted by molar-refractivity contribution is 7.12. The Morgan fingerprint density at radius 1 is 1.42 bits per heavy atom. The van der Waals surface area contributed by atoms with Crippen LogP contribution in [0.3, 0.4) is 0 Å². The van der Waals surface area contributed by atoms with Crippen LogP contribution in [0.1, 0.15) is 29.1 Å². The highest BCUT2D eigenvalue weighted by Gasteiger charge is 2.19. The monoisotopic (exact) mass is 278 g/mol. The number of nitrogens with zero attached hydrogens (tertiary/aromatic N) is 3. The lowest BCUT2D eigenvalue weighted by Gasteiger charge is -2.21. The zero-order valence-electron chi connectivity index (χ0n) is 11.3. The third-order valence-electron chi connectivity index (χ3n) is 2.90. The molecule has 0 saturated carbocycles. The molecular formula is C13H18N4OS. The molecule has 102 valence electrons. The Hall–Kier alpha value is -1.69. The van der Waals surface area contributed by atoms with Gasteiger partial charge in [0.05, 0.1) is 29.9 Å². The van der Waals surface area contributed by atoms with Crippen LogP contribution in [0.2, 0.25) is 0 Å². The van der Waals surface area contributed by atoms with E-state index in [2.05, 4.69) is 29.4 Å². The topological polar surface area (TPSA) is 59.8 Å². The summed E-state index contributed by atoms with van der Waals surface area (Å²) >= 11 is 1.47. The third-order valence-corrected chi connectivity index (χ3v) is 3.95. The van der Waals surface area contributed by atoms with Crippen molar-refractivity contribution in [3.8, 4) is 0 Å². The Morgan fingerprint density at radius 2 is 2.11 bits per heavy atom. The average molecular weight is 278 g/mol. The van der Waals surface area contributed by atoms with Crippen LogP contribution in [0.25, 0.3) is 0 Å². The molecule has 0 saturated heterocycles. The minimum Gasteiger partial charge on any atom is -0.346 e. The van der Waals surface area contributed by atoms with E-state index in [4.69, 9.17) is 0 Å². The van der Waals surface area contributed by atoms with Crippen LogP contribution in [0.5, 0.6) is 0 Å². The maximum absolute atomic E-state index is 12.2. The maximum atomic E-state index is 12.2. The molecule has 2 heterocycles. The fourth-order valence-electron chi connectivity index (χ4n) is 1.73. The first-order valence-electron chi connectivity index (χ1n) is 6.26. The number of rotatable bonds is 5. The van der Waals surface area contributed by atoms with Crippen molar-refractivity contribution in [1.29, 1.82) is 0 Å². The lowest BCUT2D eigenvalue weighted by molar-refractivity contribution is 0.0922. The lowest BCUT2D eigenvalue weighted by atomic mass is 10.0. The van der Waals surface area contributed by atoms with E-state index in [1.165, 1.54) is 11.3 Å². The van der Waals surface area contributed by atoms with Crippen LogP contribution >= 0.6 is 11.3 Å². The summed E-state index contributed by atoms with van der Waals surface area (Å²) in [4.78, 5) is 14.5. The van der Waals surface area contributed by atoms with Gasteiger partial charge in [-0.25, -0.2) is 0 Å². The van der Waals surface area contributed by atoms with Crippen LogP contribution in [0, 0.1) is 12.8 Å². The molecule has 1 amide bonds. The minimum atomic E-state index is -0.0241. The normalized spacial score (nSPS) is 12.6. The molecule has 2 aromatic rings. The Labute approximate surface area is 116 Å². The molecule has 0 spiro atoms. The lowest BCUT2D eigenvalue weighted by Crippen LogP contribution is -2.41. The predicted molar refractivity (Wildman–Crippen MR) is 75.2 cm³/mol. The van der Waals surface area contributed by atoms with Gasteiger partial charge in [-0.05, 0) is 29.9 Å². The number of amides is 1. The first-order valence-corrected chi connectivity index (χ1v) is 7.14. The third kappa shape index (κ3) is 3.64. The van der Waals surface area contributed by atoms with Crippen LogP contribution < -0.4 is 5.32 Å². The summed E-state index contributed by atoms with van der Waals surface area (Å²) in [6, 6.07) is 1.92. The van der Waals surface area contributed by atoms with Crippen molar-refractivity contribution in [2.75, 3.05) is 0 Å². The Morgan fingerprint density at radius 3 is 2.63 bits per heavy atom. The van der Waals surface area contributed by atoms with Crippen molar-refractivity contribution < 1.29 is 4.79 Å². The fourth-order valence-corrected chi connectivity index (χ4v) is 2.53. The number of carbonyl (C=O) groups is 1. The van der Waals surface area contributed by atoms with E-state index in [-0.39, 0.29) is 11.9 Å². The van der Waals surface area contributed by atoms with E-state index in [0.717, 1.165) is 10.4 Å². The van der Waals surface area contributed by atoms with Gasteiger partial charge in [-0.3, -0.25) is 4.79 Å². The number of hydrogen-bond acceptors (Lipinski definition) is 4. The average Bonchev–Trinajstić information content (AvgIpc) is 2.99. The molecule has 1 unspecified atom stereocenters. The van der Waals surface area contributed by atoms with E-state index < -0.39 is 0 Å². The summed E-state index contributed by atoms with van der Waals surface area (Å²) < 4.78 is 0. The van der Waals surface area contributed by atoms with Gasteiger partial charge in [-0.1, -0.05) is 13.8 Å². The van der Waals surface area contributed by atoms with E-state index in [1.807, 2.05) is 18.4 Å². The van der Waals surface area contributed by atoms with Gasteiger partial charge >= 0.3 is 0 Å². The summed E-state index contributed by atoms with van der Waals surface area (Å²) in [7, 11) is 0. The van der Waals surface area contributed by atoms with Crippen molar-refractivity contribution in [3.05, 3.63) is 34.3 Å². The molecule has 0 aliphatic carbocycles. The highest BCUT2D eigenvalue weighted by atomic mass is 32.1. The predicted octanol–water partition coefficient (Wildman–Crippen LogP) is 2.10. The molecule has 2 rings (SSSR count). The van der Waals surface area contributed by atoms with Crippen LogP contribution in [0.4, 0.5) is 0 Å². The molecule has 0 aliphatic heterocycles. The molecule has 19 heavy (non-hydrogen) atoms. The van der Waals surface area contributed by atoms with Gasteiger partial charge in [0.25, 0.3) is 5.91 Å². The standard InChI is InChI=1S/C13H18N4OS/c1-9(2)11(7-17-14-4-5-15-17)16-13(18)12-6-10(3)8-19-12/h4-6,8-9,11H,7H2,1-3H3,(H,16,18). The summed E-state index contributed by atoms with van der Waals surface area (Å²) in [6.45, 7) is 6.73. The molecule has 1 N–H and O–H groups in total. The van der Waals surface area contributed by atoms with Crippen molar-refractivity contribution in [1.82, 2.24) is 20.3 Å². The minimum absolute atomic E-state index is 0.0160. The molecule has 0 aromatic carbocycles. The van der Waals surface area contributed by atoms with Crippen molar-refractivity contribution in [2.24, 2.45) is 5.92 Å². The SMILES string of the molecule is Cc1csc(C(=O)NC(Cn2nccn2)C(C)C)c1. The van der Waals surface area contributed by atoms with E-state index >= 15 is 0 Å². The zero-order valence-corrected chi connectivity index (χ0v) is 12.1. The molecule has 0 aliphatic rings. The Kier molecular flexibility index (Phi) is 4.31. The molecular weight excluding hydrogens is 260 g/mol. The van der Waals surface area contributed by atoms with Gasteiger partial charge in [0.1, 0.15) is 0 Å². The molecule has 6 heteroatoms. The summed E-state index contributed by atoms with van der Waals surface area (Å²) in [5, 5.41) is 13.2. The molecule has 1 atom stereocenters. The Bertz CT molecular complexity index is 533. The summed E-state index contributed by atoms with van der Waals surface area (Å²) in [5.74, 6) is 0.292.